The lowest BCUT2D eigenvalue weighted by atomic mass is 9.92. The number of aromatic nitrogens is 2. The fourth-order valence-corrected chi connectivity index (χ4v) is 5.82. The first-order chi connectivity index (χ1) is 21.3. The van der Waals surface area contributed by atoms with Gasteiger partial charge in [0.15, 0.2) is 0 Å². The van der Waals surface area contributed by atoms with Crippen LogP contribution in [0.25, 0.3) is 0 Å². The normalized spacial score (nSPS) is 19.7. The van der Waals surface area contributed by atoms with E-state index in [1.54, 1.807) is 0 Å². The molecule has 45 heavy (non-hydrogen) atoms. The summed E-state index contributed by atoms with van der Waals surface area (Å²) in [5.74, 6) is 1.22. The molecule has 1 aliphatic carbocycles. The Labute approximate surface area is 255 Å². The molecule has 2 N–H and O–H groups in total. The van der Waals surface area contributed by atoms with Crippen LogP contribution in [0, 0.1) is 17.0 Å². The van der Waals surface area contributed by atoms with E-state index in [-0.39, 0.29) is 23.9 Å². The van der Waals surface area contributed by atoms with E-state index >= 15 is 0 Å². The van der Waals surface area contributed by atoms with E-state index in [1.807, 2.05) is 6.92 Å². The number of nitro benzene ring substituents is 1. The molecule has 0 amide bonds. The van der Waals surface area contributed by atoms with E-state index in [2.05, 4.69) is 25.5 Å². The van der Waals surface area contributed by atoms with Gasteiger partial charge in [0.1, 0.15) is 23.8 Å². The highest BCUT2D eigenvalue weighted by Crippen LogP contribution is 2.38. The van der Waals surface area contributed by atoms with Gasteiger partial charge in [0.25, 0.3) is 5.69 Å². The van der Waals surface area contributed by atoms with Crippen LogP contribution in [0.2, 0.25) is 0 Å². The highest BCUT2D eigenvalue weighted by Gasteiger charge is 2.38. The van der Waals surface area contributed by atoms with Gasteiger partial charge >= 0.3 is 12.4 Å². The Morgan fingerprint density at radius 2 is 1.44 bits per heavy atom. The number of benzene rings is 2. The number of halogens is 6. The number of alkyl halides is 6. The minimum absolute atomic E-state index is 0.102. The molecule has 0 atom stereocenters. The molecule has 0 unspecified atom stereocenters. The monoisotopic (exact) mass is 638 g/mol. The zero-order valence-corrected chi connectivity index (χ0v) is 24.3. The Balaban J connectivity index is 1.12. The van der Waals surface area contributed by atoms with Crippen molar-refractivity contribution in [2.45, 2.75) is 76.0 Å². The van der Waals surface area contributed by atoms with Crippen LogP contribution in [0.5, 0.6) is 5.88 Å². The summed E-state index contributed by atoms with van der Waals surface area (Å²) in [6, 6.07) is 7.93. The first kappa shape index (κ1) is 32.1. The summed E-state index contributed by atoms with van der Waals surface area (Å²) in [5, 5.41) is 17.4. The third-order valence-electron chi connectivity index (χ3n) is 8.21. The van der Waals surface area contributed by atoms with E-state index in [4.69, 9.17) is 4.74 Å². The Bertz CT molecular complexity index is 1480. The Morgan fingerprint density at radius 3 is 2.04 bits per heavy atom. The minimum Gasteiger partial charge on any atom is -0.474 e. The van der Waals surface area contributed by atoms with Gasteiger partial charge < -0.3 is 20.3 Å². The minimum atomic E-state index is -4.85. The van der Waals surface area contributed by atoms with Gasteiger partial charge in [-0.05, 0) is 81.8 Å². The van der Waals surface area contributed by atoms with Gasteiger partial charge in [0.2, 0.25) is 5.88 Å². The second-order valence-electron chi connectivity index (χ2n) is 11.3. The van der Waals surface area contributed by atoms with Crippen LogP contribution in [-0.2, 0) is 12.4 Å². The Morgan fingerprint density at radius 1 is 0.844 bits per heavy atom. The van der Waals surface area contributed by atoms with Crippen LogP contribution in [0.15, 0.2) is 48.8 Å². The van der Waals surface area contributed by atoms with Crippen LogP contribution in [0.4, 0.5) is 49.2 Å². The number of anilines is 3. The zero-order valence-electron chi connectivity index (χ0n) is 24.3. The van der Waals surface area contributed by atoms with Crippen molar-refractivity contribution in [1.29, 1.82) is 0 Å². The average molecular weight is 639 g/mol. The summed E-state index contributed by atoms with van der Waals surface area (Å²) < 4.78 is 84.8. The third kappa shape index (κ3) is 7.87. The van der Waals surface area contributed by atoms with Gasteiger partial charge in [0, 0.05) is 42.6 Å². The molecule has 0 spiro atoms. The molecule has 1 aromatic heterocycles. The number of nitrogens with one attached hydrogen (secondary N) is 2. The van der Waals surface area contributed by atoms with Crippen LogP contribution in [0.1, 0.15) is 55.2 Å². The average Bonchev–Trinajstić information content (AvgIpc) is 2.99. The number of ether oxygens (including phenoxy) is 1. The predicted molar refractivity (Wildman–Crippen MR) is 155 cm³/mol. The number of rotatable bonds is 8. The van der Waals surface area contributed by atoms with Gasteiger partial charge in [-0.3, -0.25) is 10.1 Å². The highest BCUT2D eigenvalue weighted by atomic mass is 19.4. The fraction of sp³-hybridized carbons (Fsp3) is 0.467. The Hall–Kier alpha value is -4.30. The molecule has 2 heterocycles. The number of piperidine rings is 1. The van der Waals surface area contributed by atoms with Crippen LogP contribution in [-0.4, -0.2) is 46.2 Å². The first-order valence-electron chi connectivity index (χ1n) is 14.6. The summed E-state index contributed by atoms with van der Waals surface area (Å²) in [6.07, 6.45) is -3.87. The van der Waals surface area contributed by atoms with Gasteiger partial charge in [-0.1, -0.05) is 0 Å². The van der Waals surface area contributed by atoms with Crippen molar-refractivity contribution in [2.75, 3.05) is 28.6 Å². The topological polar surface area (TPSA) is 105 Å². The van der Waals surface area contributed by atoms with Gasteiger partial charge in [-0.25, -0.2) is 9.97 Å². The molecule has 15 heteroatoms. The molecular weight excluding hydrogens is 606 g/mol. The van der Waals surface area contributed by atoms with Crippen molar-refractivity contribution in [1.82, 2.24) is 9.97 Å². The van der Waals surface area contributed by atoms with Crippen LogP contribution < -0.4 is 20.3 Å². The third-order valence-corrected chi connectivity index (χ3v) is 8.21. The first-order valence-corrected chi connectivity index (χ1v) is 14.6. The largest absolute Gasteiger partial charge is 0.474 e. The maximum atomic E-state index is 13.4. The van der Waals surface area contributed by atoms with Crippen molar-refractivity contribution in [3.05, 3.63) is 75.6 Å². The van der Waals surface area contributed by atoms with Crippen LogP contribution >= 0.6 is 0 Å². The molecule has 1 aliphatic heterocycles. The molecule has 9 nitrogen and oxygen atoms in total. The van der Waals surface area contributed by atoms with E-state index in [9.17, 15) is 36.5 Å². The van der Waals surface area contributed by atoms with E-state index < -0.39 is 34.1 Å². The second-order valence-corrected chi connectivity index (χ2v) is 11.3. The molecule has 1 saturated heterocycles. The van der Waals surface area contributed by atoms with Crippen molar-refractivity contribution in [3.8, 4) is 5.88 Å². The summed E-state index contributed by atoms with van der Waals surface area (Å²) in [7, 11) is 0. The molecule has 2 fully saturated rings. The molecule has 5 rings (SSSR count). The number of hydrogen-bond donors (Lipinski definition) is 2. The smallest absolute Gasteiger partial charge is 0.423 e. The molecule has 242 valence electrons. The quantitative estimate of drug-likeness (QED) is 0.148. The maximum Gasteiger partial charge on any atom is 0.423 e. The van der Waals surface area contributed by atoms with Crippen molar-refractivity contribution in [3.63, 3.8) is 0 Å². The zero-order chi connectivity index (χ0) is 32.4. The van der Waals surface area contributed by atoms with Gasteiger partial charge in [-0.15, -0.1) is 0 Å². The van der Waals surface area contributed by atoms with E-state index in [0.717, 1.165) is 48.5 Å². The molecule has 3 aromatic rings. The molecule has 2 aromatic carbocycles. The summed E-state index contributed by atoms with van der Waals surface area (Å²) >= 11 is 0. The Kier molecular flexibility index (Phi) is 9.26. The lowest BCUT2D eigenvalue weighted by Crippen LogP contribution is -2.40. The van der Waals surface area contributed by atoms with Gasteiger partial charge in [-0.2, -0.15) is 26.3 Å². The van der Waals surface area contributed by atoms with Gasteiger partial charge in [0.05, 0.1) is 16.1 Å². The van der Waals surface area contributed by atoms with E-state index in [1.165, 1.54) is 24.5 Å². The lowest BCUT2D eigenvalue weighted by Gasteiger charge is -2.35. The molecule has 2 aliphatic rings. The van der Waals surface area contributed by atoms with Crippen molar-refractivity contribution >= 4 is 22.9 Å². The molecule has 1 saturated carbocycles. The van der Waals surface area contributed by atoms with E-state index in [0.29, 0.717) is 50.3 Å². The fourth-order valence-electron chi connectivity index (χ4n) is 5.82. The lowest BCUT2D eigenvalue weighted by molar-refractivity contribution is -0.388. The molecule has 0 bridgehead atoms. The molecular formula is C30H32F6N6O3. The second kappa shape index (κ2) is 13.0. The summed E-state index contributed by atoms with van der Waals surface area (Å²) in [4.78, 5) is 20.9. The van der Waals surface area contributed by atoms with Crippen molar-refractivity contribution < 1.29 is 36.0 Å². The molecule has 0 radical (unpaired) electrons. The maximum absolute atomic E-state index is 13.4. The number of nitro groups is 1. The summed E-state index contributed by atoms with van der Waals surface area (Å²) in [5.41, 5.74) is -1.35. The summed E-state index contributed by atoms with van der Waals surface area (Å²) in [6.45, 7) is 3.26. The number of hydrogen-bond acceptors (Lipinski definition) is 8. The van der Waals surface area contributed by atoms with Crippen LogP contribution in [0.3, 0.4) is 0 Å². The number of nitrogens with zero attached hydrogens (tertiary/aromatic N) is 4. The SMILES string of the molecule is Cc1c(OC2CCC(Nc3ccc([N+](=O)[O-])c(C(F)(F)F)c3)CC2)ncnc1N1CCC(Nc2ccc(C(F)(F)F)cc2)CC1. The standard InChI is InChI=1S/C30H32F6N6O3/c1-18-27(41-14-12-22(13-15-41)39-20-4-2-19(3-5-20)29(31,32)33)37-17-38-28(18)45-24-9-6-21(7-10-24)40-23-8-11-26(42(43)44)25(16-23)30(34,35)36/h2-5,8,11,16-17,21-22,24,39-40H,6-7,9-10,12-15H2,1H3. The van der Waals surface area contributed by atoms with Crippen molar-refractivity contribution in [2.24, 2.45) is 0 Å². The predicted octanol–water partition coefficient (Wildman–Crippen LogP) is 7.61. The highest BCUT2D eigenvalue weighted by molar-refractivity contribution is 5.56.